The Morgan fingerprint density at radius 2 is 2.00 bits per heavy atom. The van der Waals surface area contributed by atoms with Gasteiger partial charge in [-0.05, 0) is 0 Å². The Kier molecular flexibility index (Phi) is 4.18. The monoisotopic (exact) mass is 307 g/mol. The molecule has 0 N–H and O–H groups in total. The first-order chi connectivity index (χ1) is 10.5. The van der Waals surface area contributed by atoms with Gasteiger partial charge in [0.15, 0.2) is 0 Å². The van der Waals surface area contributed by atoms with Crippen molar-refractivity contribution in [2.45, 2.75) is 31.8 Å². The van der Waals surface area contributed by atoms with Gasteiger partial charge in [-0.2, -0.15) is 15.0 Å². The SMILES string of the molecule is CC(C)c1nc(N(C)C)nc(N2CCOC3(CCOC3)C2)n1. The first-order valence-corrected chi connectivity index (χ1v) is 7.89. The van der Waals surface area contributed by atoms with Crippen LogP contribution in [0.5, 0.6) is 0 Å². The Bertz CT molecular complexity index is 502. The van der Waals surface area contributed by atoms with Crippen LogP contribution in [-0.4, -0.2) is 67.6 Å². The Labute approximate surface area is 131 Å². The van der Waals surface area contributed by atoms with Crippen LogP contribution in [0.3, 0.4) is 0 Å². The normalized spacial score (nSPS) is 25.2. The predicted octanol–water partition coefficient (Wildman–Crippen LogP) is 1.06. The molecule has 3 rings (SSSR count). The molecule has 22 heavy (non-hydrogen) atoms. The molecule has 1 aromatic heterocycles. The van der Waals surface area contributed by atoms with Crippen LogP contribution in [0.1, 0.15) is 32.0 Å². The molecule has 2 aliphatic rings. The summed E-state index contributed by atoms with van der Waals surface area (Å²) in [5.74, 6) is 2.55. The average molecular weight is 307 g/mol. The summed E-state index contributed by atoms with van der Waals surface area (Å²) in [7, 11) is 3.91. The van der Waals surface area contributed by atoms with E-state index in [2.05, 4.69) is 33.7 Å². The highest BCUT2D eigenvalue weighted by atomic mass is 16.6. The van der Waals surface area contributed by atoms with Crippen molar-refractivity contribution in [3.63, 3.8) is 0 Å². The smallest absolute Gasteiger partial charge is 0.230 e. The average Bonchev–Trinajstić information content (AvgIpc) is 2.94. The van der Waals surface area contributed by atoms with Crippen LogP contribution >= 0.6 is 0 Å². The van der Waals surface area contributed by atoms with Crippen LogP contribution in [0, 0.1) is 0 Å². The van der Waals surface area contributed by atoms with Crippen LogP contribution < -0.4 is 9.80 Å². The molecule has 1 spiro atoms. The maximum atomic E-state index is 5.99. The van der Waals surface area contributed by atoms with Crippen LogP contribution in [0.25, 0.3) is 0 Å². The molecule has 2 fully saturated rings. The number of rotatable bonds is 3. The molecule has 7 heteroatoms. The van der Waals surface area contributed by atoms with E-state index in [1.54, 1.807) is 0 Å². The second kappa shape index (κ2) is 5.96. The zero-order valence-corrected chi connectivity index (χ0v) is 13.9. The Morgan fingerprint density at radius 3 is 2.64 bits per heavy atom. The van der Waals surface area contributed by atoms with Gasteiger partial charge in [0.2, 0.25) is 11.9 Å². The van der Waals surface area contributed by atoms with Gasteiger partial charge < -0.3 is 19.3 Å². The van der Waals surface area contributed by atoms with Crippen molar-refractivity contribution in [1.82, 2.24) is 15.0 Å². The van der Waals surface area contributed by atoms with E-state index in [9.17, 15) is 0 Å². The molecule has 122 valence electrons. The third kappa shape index (κ3) is 3.01. The molecule has 0 saturated carbocycles. The number of nitrogens with zero attached hydrogens (tertiary/aromatic N) is 5. The summed E-state index contributed by atoms with van der Waals surface area (Å²) >= 11 is 0. The minimum atomic E-state index is -0.193. The zero-order chi connectivity index (χ0) is 15.7. The second-order valence-corrected chi connectivity index (χ2v) is 6.60. The van der Waals surface area contributed by atoms with Gasteiger partial charge in [0.25, 0.3) is 0 Å². The van der Waals surface area contributed by atoms with E-state index in [1.165, 1.54) is 0 Å². The fourth-order valence-corrected chi connectivity index (χ4v) is 2.81. The molecule has 0 bridgehead atoms. The fraction of sp³-hybridized carbons (Fsp3) is 0.800. The van der Waals surface area contributed by atoms with Gasteiger partial charge in [0, 0.05) is 39.6 Å². The molecule has 1 atom stereocenters. The van der Waals surface area contributed by atoms with Gasteiger partial charge >= 0.3 is 0 Å². The summed E-state index contributed by atoms with van der Waals surface area (Å²) in [6.07, 6.45) is 0.937. The van der Waals surface area contributed by atoms with Crippen molar-refractivity contribution in [2.24, 2.45) is 0 Å². The van der Waals surface area contributed by atoms with Gasteiger partial charge in [-0.1, -0.05) is 13.8 Å². The van der Waals surface area contributed by atoms with Gasteiger partial charge in [0.1, 0.15) is 11.4 Å². The fourth-order valence-electron chi connectivity index (χ4n) is 2.81. The minimum absolute atomic E-state index is 0.193. The highest BCUT2D eigenvalue weighted by Crippen LogP contribution is 2.29. The third-order valence-electron chi connectivity index (χ3n) is 4.14. The molecule has 0 aliphatic carbocycles. The van der Waals surface area contributed by atoms with Crippen molar-refractivity contribution in [3.8, 4) is 0 Å². The number of morpholine rings is 1. The highest BCUT2D eigenvalue weighted by Gasteiger charge is 2.41. The molecule has 1 aromatic rings. The van der Waals surface area contributed by atoms with Crippen molar-refractivity contribution >= 4 is 11.9 Å². The Morgan fingerprint density at radius 1 is 1.18 bits per heavy atom. The predicted molar refractivity (Wildman–Crippen MR) is 84.6 cm³/mol. The highest BCUT2D eigenvalue weighted by molar-refractivity contribution is 5.39. The van der Waals surface area contributed by atoms with E-state index in [-0.39, 0.29) is 11.5 Å². The number of anilines is 2. The standard InChI is InChI=1S/C15H25N5O2/c1-11(2)12-16-13(19(3)4)18-14(17-12)20-6-8-22-15(9-20)5-7-21-10-15/h11H,5-10H2,1-4H3. The summed E-state index contributed by atoms with van der Waals surface area (Å²) in [5, 5.41) is 0. The minimum Gasteiger partial charge on any atom is -0.378 e. The van der Waals surface area contributed by atoms with Crippen molar-refractivity contribution in [2.75, 3.05) is 56.8 Å². The Balaban J connectivity index is 1.89. The van der Waals surface area contributed by atoms with Gasteiger partial charge in [-0.25, -0.2) is 0 Å². The van der Waals surface area contributed by atoms with Gasteiger partial charge in [0.05, 0.1) is 19.8 Å². The van der Waals surface area contributed by atoms with Crippen molar-refractivity contribution in [3.05, 3.63) is 5.82 Å². The quantitative estimate of drug-likeness (QED) is 0.827. The van der Waals surface area contributed by atoms with E-state index in [4.69, 9.17) is 9.47 Å². The third-order valence-corrected chi connectivity index (χ3v) is 4.14. The first kappa shape index (κ1) is 15.4. The topological polar surface area (TPSA) is 63.6 Å². The molecule has 0 amide bonds. The van der Waals surface area contributed by atoms with Crippen LogP contribution in [0.2, 0.25) is 0 Å². The lowest BCUT2D eigenvalue weighted by molar-refractivity contribution is -0.0583. The lowest BCUT2D eigenvalue weighted by Gasteiger charge is -2.39. The molecular formula is C15H25N5O2. The largest absolute Gasteiger partial charge is 0.378 e. The maximum Gasteiger partial charge on any atom is 0.230 e. The van der Waals surface area contributed by atoms with Crippen molar-refractivity contribution in [1.29, 1.82) is 0 Å². The summed E-state index contributed by atoms with van der Waals surface area (Å²) in [5.41, 5.74) is -0.193. The number of aromatic nitrogens is 3. The lowest BCUT2D eigenvalue weighted by atomic mass is 10.0. The molecule has 7 nitrogen and oxygen atoms in total. The van der Waals surface area contributed by atoms with Gasteiger partial charge in [-0.15, -0.1) is 0 Å². The molecule has 1 unspecified atom stereocenters. The van der Waals surface area contributed by atoms with Crippen LogP contribution in [0.4, 0.5) is 11.9 Å². The summed E-state index contributed by atoms with van der Waals surface area (Å²) < 4.78 is 11.5. The number of ether oxygens (including phenoxy) is 2. The molecule has 0 aromatic carbocycles. The lowest BCUT2D eigenvalue weighted by Crippen LogP contribution is -2.53. The van der Waals surface area contributed by atoms with E-state index in [0.29, 0.717) is 19.2 Å². The van der Waals surface area contributed by atoms with E-state index in [0.717, 1.165) is 37.9 Å². The summed E-state index contributed by atoms with van der Waals surface area (Å²) in [6.45, 7) is 7.90. The van der Waals surface area contributed by atoms with E-state index in [1.807, 2.05) is 19.0 Å². The molecule has 0 radical (unpaired) electrons. The molecule has 2 aliphatic heterocycles. The number of hydrogen-bond donors (Lipinski definition) is 0. The van der Waals surface area contributed by atoms with Crippen LogP contribution in [0.15, 0.2) is 0 Å². The maximum absolute atomic E-state index is 5.99. The second-order valence-electron chi connectivity index (χ2n) is 6.60. The molecule has 3 heterocycles. The van der Waals surface area contributed by atoms with Crippen molar-refractivity contribution < 1.29 is 9.47 Å². The summed E-state index contributed by atoms with van der Waals surface area (Å²) in [6, 6.07) is 0. The molecule has 2 saturated heterocycles. The van der Waals surface area contributed by atoms with Crippen LogP contribution in [-0.2, 0) is 9.47 Å². The Hall–Kier alpha value is -1.47. The molecular weight excluding hydrogens is 282 g/mol. The van der Waals surface area contributed by atoms with E-state index >= 15 is 0 Å². The first-order valence-electron chi connectivity index (χ1n) is 7.89. The van der Waals surface area contributed by atoms with E-state index < -0.39 is 0 Å². The zero-order valence-electron chi connectivity index (χ0n) is 13.9. The summed E-state index contributed by atoms with van der Waals surface area (Å²) in [4.78, 5) is 18.0. The number of hydrogen-bond acceptors (Lipinski definition) is 7. The van der Waals surface area contributed by atoms with Gasteiger partial charge in [-0.3, -0.25) is 0 Å².